The standard InChI is InChI=1S/C17H19N5O/c1-2-22-11-7-13-12-14(4-5-15(13)22)21-16(23)6-10-20-17-18-8-3-9-19-17/h3-5,7-9,11-12H,2,6,10H2,1H3,(H,21,23)(H,18,19,20). The van der Waals surface area contributed by atoms with E-state index in [0.29, 0.717) is 18.9 Å². The highest BCUT2D eigenvalue weighted by Crippen LogP contribution is 2.20. The fourth-order valence-electron chi connectivity index (χ4n) is 2.46. The van der Waals surface area contributed by atoms with Crippen LogP contribution in [-0.2, 0) is 11.3 Å². The molecule has 0 saturated carbocycles. The van der Waals surface area contributed by atoms with Gasteiger partial charge in [-0.25, -0.2) is 9.97 Å². The average Bonchev–Trinajstić information content (AvgIpc) is 2.98. The lowest BCUT2D eigenvalue weighted by molar-refractivity contribution is -0.115. The number of fused-ring (bicyclic) bond motifs is 1. The van der Waals surface area contributed by atoms with E-state index in [9.17, 15) is 4.79 Å². The van der Waals surface area contributed by atoms with Crippen molar-refractivity contribution in [3.63, 3.8) is 0 Å². The molecule has 0 unspecified atom stereocenters. The maximum Gasteiger partial charge on any atom is 0.226 e. The summed E-state index contributed by atoms with van der Waals surface area (Å²) < 4.78 is 2.17. The van der Waals surface area contributed by atoms with Crippen LogP contribution in [-0.4, -0.2) is 27.0 Å². The Morgan fingerprint density at radius 2 is 2.04 bits per heavy atom. The molecule has 3 rings (SSSR count). The number of hydrogen-bond acceptors (Lipinski definition) is 4. The second kappa shape index (κ2) is 6.91. The number of hydrogen-bond donors (Lipinski definition) is 2. The van der Waals surface area contributed by atoms with Gasteiger partial charge in [0.25, 0.3) is 0 Å². The zero-order chi connectivity index (χ0) is 16.1. The Morgan fingerprint density at radius 1 is 1.22 bits per heavy atom. The predicted octanol–water partition coefficient (Wildman–Crippen LogP) is 2.89. The van der Waals surface area contributed by atoms with Gasteiger partial charge in [0.15, 0.2) is 0 Å². The summed E-state index contributed by atoms with van der Waals surface area (Å²) in [7, 11) is 0. The van der Waals surface area contributed by atoms with Gasteiger partial charge in [-0.1, -0.05) is 0 Å². The first-order valence-electron chi connectivity index (χ1n) is 7.66. The Labute approximate surface area is 134 Å². The lowest BCUT2D eigenvalue weighted by Gasteiger charge is -2.07. The van der Waals surface area contributed by atoms with Gasteiger partial charge in [0.2, 0.25) is 11.9 Å². The van der Waals surface area contributed by atoms with Crippen molar-refractivity contribution in [2.45, 2.75) is 19.9 Å². The van der Waals surface area contributed by atoms with Gasteiger partial charge in [0.1, 0.15) is 0 Å². The van der Waals surface area contributed by atoms with Crippen LogP contribution in [0.2, 0.25) is 0 Å². The lowest BCUT2D eigenvalue weighted by atomic mass is 10.2. The fraction of sp³-hybridized carbons (Fsp3) is 0.235. The minimum atomic E-state index is -0.0392. The van der Waals surface area contributed by atoms with Gasteiger partial charge in [-0.2, -0.15) is 0 Å². The number of aromatic nitrogens is 3. The third-order valence-corrected chi connectivity index (χ3v) is 3.60. The quantitative estimate of drug-likeness (QED) is 0.734. The molecular weight excluding hydrogens is 290 g/mol. The SMILES string of the molecule is CCn1ccc2cc(NC(=O)CCNc3ncccn3)ccc21. The molecule has 0 fully saturated rings. The van der Waals surface area contributed by atoms with Gasteiger partial charge in [-0.15, -0.1) is 0 Å². The first-order valence-corrected chi connectivity index (χ1v) is 7.66. The fourth-order valence-corrected chi connectivity index (χ4v) is 2.46. The Morgan fingerprint density at radius 3 is 2.83 bits per heavy atom. The van der Waals surface area contributed by atoms with Crippen LogP contribution < -0.4 is 10.6 Å². The van der Waals surface area contributed by atoms with Crippen molar-refractivity contribution in [1.82, 2.24) is 14.5 Å². The highest BCUT2D eigenvalue weighted by molar-refractivity contribution is 5.94. The molecule has 2 aromatic heterocycles. The van der Waals surface area contributed by atoms with Gasteiger partial charge >= 0.3 is 0 Å². The summed E-state index contributed by atoms with van der Waals surface area (Å²) in [6.07, 6.45) is 5.73. The monoisotopic (exact) mass is 309 g/mol. The van der Waals surface area contributed by atoms with Crippen molar-refractivity contribution in [2.24, 2.45) is 0 Å². The molecule has 23 heavy (non-hydrogen) atoms. The van der Waals surface area contributed by atoms with E-state index < -0.39 is 0 Å². The summed E-state index contributed by atoms with van der Waals surface area (Å²) in [6, 6.07) is 9.76. The molecule has 1 aromatic carbocycles. The van der Waals surface area contributed by atoms with E-state index in [0.717, 1.165) is 17.6 Å². The number of carbonyl (C=O) groups excluding carboxylic acids is 1. The van der Waals surface area contributed by atoms with Crippen molar-refractivity contribution in [1.29, 1.82) is 0 Å². The third-order valence-electron chi connectivity index (χ3n) is 3.60. The number of amides is 1. The third kappa shape index (κ3) is 3.66. The van der Waals surface area contributed by atoms with E-state index in [-0.39, 0.29) is 5.91 Å². The minimum Gasteiger partial charge on any atom is -0.354 e. The number of benzene rings is 1. The summed E-state index contributed by atoms with van der Waals surface area (Å²) in [6.45, 7) is 3.53. The summed E-state index contributed by atoms with van der Waals surface area (Å²) in [5.74, 6) is 0.491. The van der Waals surface area contributed by atoms with E-state index in [1.54, 1.807) is 18.5 Å². The van der Waals surface area contributed by atoms with Gasteiger partial charge < -0.3 is 15.2 Å². The first kappa shape index (κ1) is 15.0. The van der Waals surface area contributed by atoms with Crippen LogP contribution in [0.3, 0.4) is 0 Å². The maximum atomic E-state index is 12.0. The van der Waals surface area contributed by atoms with E-state index in [1.807, 2.05) is 18.2 Å². The summed E-state index contributed by atoms with van der Waals surface area (Å²) in [4.78, 5) is 20.1. The molecule has 6 nitrogen and oxygen atoms in total. The van der Waals surface area contributed by atoms with Gasteiger partial charge in [0.05, 0.1) is 0 Å². The van der Waals surface area contributed by atoms with Crippen molar-refractivity contribution in [3.05, 3.63) is 48.9 Å². The molecule has 3 aromatic rings. The number of carbonyl (C=O) groups is 1. The van der Waals surface area contributed by atoms with E-state index in [4.69, 9.17) is 0 Å². The molecule has 0 radical (unpaired) electrons. The highest BCUT2D eigenvalue weighted by Gasteiger charge is 2.05. The number of nitrogens with zero attached hydrogens (tertiary/aromatic N) is 3. The smallest absolute Gasteiger partial charge is 0.226 e. The largest absolute Gasteiger partial charge is 0.354 e. The second-order valence-electron chi connectivity index (χ2n) is 5.17. The summed E-state index contributed by atoms with van der Waals surface area (Å²) >= 11 is 0. The molecule has 0 atom stereocenters. The van der Waals surface area contributed by atoms with Gasteiger partial charge in [-0.3, -0.25) is 4.79 Å². The zero-order valence-corrected chi connectivity index (χ0v) is 13.0. The molecule has 2 N–H and O–H groups in total. The molecular formula is C17H19N5O. The molecule has 118 valence electrons. The molecule has 6 heteroatoms. The number of nitrogens with one attached hydrogen (secondary N) is 2. The van der Waals surface area contributed by atoms with Crippen LogP contribution >= 0.6 is 0 Å². The van der Waals surface area contributed by atoms with Crippen LogP contribution in [0.15, 0.2) is 48.9 Å². The number of rotatable bonds is 6. The van der Waals surface area contributed by atoms with Crippen molar-refractivity contribution >= 4 is 28.4 Å². The second-order valence-corrected chi connectivity index (χ2v) is 5.17. The van der Waals surface area contributed by atoms with Crippen LogP contribution in [0.5, 0.6) is 0 Å². The zero-order valence-electron chi connectivity index (χ0n) is 13.0. The van der Waals surface area contributed by atoms with Crippen LogP contribution in [0.4, 0.5) is 11.6 Å². The topological polar surface area (TPSA) is 71.8 Å². The molecule has 0 saturated heterocycles. The Hall–Kier alpha value is -2.89. The molecule has 1 amide bonds. The minimum absolute atomic E-state index is 0.0392. The van der Waals surface area contributed by atoms with E-state index in [2.05, 4.69) is 44.4 Å². The molecule has 0 bridgehead atoms. The molecule has 0 aliphatic heterocycles. The Balaban J connectivity index is 1.55. The van der Waals surface area contributed by atoms with E-state index in [1.165, 1.54) is 5.52 Å². The maximum absolute atomic E-state index is 12.0. The van der Waals surface area contributed by atoms with Gasteiger partial charge in [-0.05, 0) is 37.3 Å². The van der Waals surface area contributed by atoms with Gasteiger partial charge in [0, 0.05) is 54.7 Å². The molecule has 0 aliphatic rings. The van der Waals surface area contributed by atoms with Crippen LogP contribution in [0, 0.1) is 0 Å². The molecule has 0 aliphatic carbocycles. The molecule has 2 heterocycles. The summed E-state index contributed by atoms with van der Waals surface area (Å²) in [5.41, 5.74) is 1.99. The Bertz CT molecular complexity index is 797. The normalized spacial score (nSPS) is 10.7. The van der Waals surface area contributed by atoms with E-state index >= 15 is 0 Å². The van der Waals surface area contributed by atoms with Crippen LogP contribution in [0.1, 0.15) is 13.3 Å². The Kier molecular flexibility index (Phi) is 4.52. The molecule has 0 spiro atoms. The highest BCUT2D eigenvalue weighted by atomic mass is 16.1. The predicted molar refractivity (Wildman–Crippen MR) is 91.4 cm³/mol. The van der Waals surface area contributed by atoms with Crippen molar-refractivity contribution < 1.29 is 4.79 Å². The number of aryl methyl sites for hydroxylation is 1. The van der Waals surface area contributed by atoms with Crippen LogP contribution in [0.25, 0.3) is 10.9 Å². The average molecular weight is 309 g/mol. The first-order chi connectivity index (χ1) is 11.3. The van der Waals surface area contributed by atoms with Crippen molar-refractivity contribution in [3.8, 4) is 0 Å². The van der Waals surface area contributed by atoms with Crippen molar-refractivity contribution in [2.75, 3.05) is 17.2 Å². The number of anilines is 2. The lowest BCUT2D eigenvalue weighted by Crippen LogP contribution is -2.16. The summed E-state index contributed by atoms with van der Waals surface area (Å²) in [5, 5.41) is 7.06.